The van der Waals surface area contributed by atoms with E-state index in [4.69, 9.17) is 0 Å². The van der Waals surface area contributed by atoms with Crippen LogP contribution in [0, 0.1) is 0 Å². The number of hydrogen-bond donors (Lipinski definition) is 1. The van der Waals surface area contributed by atoms with Gasteiger partial charge in [-0.3, -0.25) is 4.79 Å². The topological polar surface area (TPSA) is 29.1 Å². The summed E-state index contributed by atoms with van der Waals surface area (Å²) in [4.78, 5) is 13.2. The van der Waals surface area contributed by atoms with E-state index in [9.17, 15) is 4.79 Å². The van der Waals surface area contributed by atoms with Crippen molar-refractivity contribution in [2.24, 2.45) is 0 Å². The van der Waals surface area contributed by atoms with E-state index < -0.39 is 0 Å². The molecule has 94 valence electrons. The van der Waals surface area contributed by atoms with Gasteiger partial charge in [0, 0.05) is 15.7 Å². The number of Topliss-reactive ketones (excluding diaryl/α,β-unsaturated/α-hetero) is 1. The Morgan fingerprint density at radius 2 is 1.82 bits per heavy atom. The average molecular weight is 251 g/mol. The summed E-state index contributed by atoms with van der Waals surface area (Å²) in [5.41, 5.74) is 0.784. The quantitative estimate of drug-likeness (QED) is 0.621. The fourth-order valence-electron chi connectivity index (χ4n) is 1.62. The molecule has 0 saturated carbocycles. The molecule has 0 radical (unpaired) electrons. The second-order valence-electron chi connectivity index (χ2n) is 4.33. The van der Waals surface area contributed by atoms with Crippen molar-refractivity contribution < 1.29 is 4.79 Å². The second-order valence-corrected chi connectivity index (χ2v) is 5.98. The number of hydrogen-bond acceptors (Lipinski definition) is 3. The minimum absolute atomic E-state index is 0.108. The van der Waals surface area contributed by atoms with Gasteiger partial charge in [-0.15, -0.1) is 11.8 Å². The number of ketones is 1. The Morgan fingerprint density at radius 1 is 1.24 bits per heavy atom. The first-order valence-corrected chi connectivity index (χ1v) is 6.97. The van der Waals surface area contributed by atoms with Crippen LogP contribution < -0.4 is 5.32 Å². The Balaban J connectivity index is 2.70. The molecule has 1 N–H and O–H groups in total. The molecule has 1 atom stereocenters. The zero-order valence-corrected chi connectivity index (χ0v) is 11.8. The summed E-state index contributed by atoms with van der Waals surface area (Å²) in [5.74, 6) is 0.160. The van der Waals surface area contributed by atoms with Crippen molar-refractivity contribution in [3.63, 3.8) is 0 Å². The summed E-state index contributed by atoms with van der Waals surface area (Å²) in [7, 11) is 0. The van der Waals surface area contributed by atoms with Gasteiger partial charge >= 0.3 is 0 Å². The van der Waals surface area contributed by atoms with E-state index in [2.05, 4.69) is 19.2 Å². The number of rotatable bonds is 6. The molecular weight excluding hydrogens is 230 g/mol. The Labute approximate surface area is 108 Å². The van der Waals surface area contributed by atoms with E-state index in [1.54, 1.807) is 0 Å². The number of thioether (sulfide) groups is 1. The lowest BCUT2D eigenvalue weighted by Crippen LogP contribution is -2.33. The van der Waals surface area contributed by atoms with Crippen LogP contribution in [-0.4, -0.2) is 23.6 Å². The third kappa shape index (κ3) is 4.52. The van der Waals surface area contributed by atoms with Gasteiger partial charge < -0.3 is 5.32 Å². The monoisotopic (exact) mass is 251 g/mol. The van der Waals surface area contributed by atoms with Crippen LogP contribution in [0.15, 0.2) is 29.2 Å². The summed E-state index contributed by atoms with van der Waals surface area (Å²) in [6.45, 7) is 9.05. The maximum absolute atomic E-state index is 12.0. The van der Waals surface area contributed by atoms with Gasteiger partial charge in [0.05, 0.1) is 6.04 Å². The van der Waals surface area contributed by atoms with Gasteiger partial charge in [0.2, 0.25) is 0 Å². The molecule has 3 heteroatoms. The molecular formula is C14H21NOS. The van der Waals surface area contributed by atoms with E-state index in [-0.39, 0.29) is 11.8 Å². The van der Waals surface area contributed by atoms with Crippen LogP contribution in [-0.2, 0) is 0 Å². The largest absolute Gasteiger partial charge is 0.308 e. The molecule has 1 unspecified atom stereocenters. The van der Waals surface area contributed by atoms with Crippen molar-refractivity contribution in [2.75, 3.05) is 6.54 Å². The van der Waals surface area contributed by atoms with Crippen molar-refractivity contribution in [1.82, 2.24) is 5.32 Å². The molecule has 0 aliphatic carbocycles. The first kappa shape index (κ1) is 14.3. The standard InChI is InChI=1S/C14H21NOS/c1-5-15-11(4)14(16)12-6-8-13(9-7-12)17-10(2)3/h6-11,15H,5H2,1-4H3. The summed E-state index contributed by atoms with van der Waals surface area (Å²) >= 11 is 1.81. The van der Waals surface area contributed by atoms with Crippen molar-refractivity contribution in [2.45, 2.75) is 43.9 Å². The van der Waals surface area contributed by atoms with Crippen LogP contribution >= 0.6 is 11.8 Å². The molecule has 0 fully saturated rings. The minimum atomic E-state index is -0.108. The van der Waals surface area contributed by atoms with Crippen LogP contribution in [0.3, 0.4) is 0 Å². The van der Waals surface area contributed by atoms with Crippen molar-refractivity contribution in [3.8, 4) is 0 Å². The van der Waals surface area contributed by atoms with Gasteiger partial charge in [-0.05, 0) is 25.6 Å². The maximum atomic E-state index is 12.0. The molecule has 0 amide bonds. The lowest BCUT2D eigenvalue weighted by atomic mass is 10.1. The minimum Gasteiger partial charge on any atom is -0.308 e. The Kier molecular flexibility index (Phi) is 5.72. The SMILES string of the molecule is CCNC(C)C(=O)c1ccc(SC(C)C)cc1. The smallest absolute Gasteiger partial charge is 0.179 e. The third-order valence-corrected chi connectivity index (χ3v) is 3.43. The van der Waals surface area contributed by atoms with Crippen LogP contribution in [0.2, 0.25) is 0 Å². The van der Waals surface area contributed by atoms with E-state index in [0.717, 1.165) is 12.1 Å². The molecule has 2 nitrogen and oxygen atoms in total. The van der Waals surface area contributed by atoms with Gasteiger partial charge in [-0.25, -0.2) is 0 Å². The van der Waals surface area contributed by atoms with E-state index in [1.807, 2.05) is 49.9 Å². The molecule has 1 aromatic rings. The molecule has 17 heavy (non-hydrogen) atoms. The highest BCUT2D eigenvalue weighted by Gasteiger charge is 2.13. The molecule has 0 bridgehead atoms. The summed E-state index contributed by atoms with van der Waals surface area (Å²) in [5, 5.41) is 3.70. The third-order valence-electron chi connectivity index (χ3n) is 2.41. The van der Waals surface area contributed by atoms with Crippen LogP contribution in [0.4, 0.5) is 0 Å². The van der Waals surface area contributed by atoms with E-state index in [0.29, 0.717) is 5.25 Å². The second kappa shape index (κ2) is 6.82. The van der Waals surface area contributed by atoms with Crippen LogP contribution in [0.25, 0.3) is 0 Å². The fourth-order valence-corrected chi connectivity index (χ4v) is 2.46. The molecule has 0 aliphatic rings. The van der Waals surface area contributed by atoms with Gasteiger partial charge in [-0.1, -0.05) is 32.9 Å². The van der Waals surface area contributed by atoms with Crippen LogP contribution in [0.5, 0.6) is 0 Å². The molecule has 0 aliphatic heterocycles. The zero-order valence-electron chi connectivity index (χ0n) is 11.0. The summed E-state index contributed by atoms with van der Waals surface area (Å²) in [6, 6.07) is 7.78. The first-order valence-electron chi connectivity index (χ1n) is 6.09. The molecule has 0 aromatic heterocycles. The first-order chi connectivity index (χ1) is 8.04. The summed E-state index contributed by atoms with van der Waals surface area (Å²) in [6.07, 6.45) is 0. The molecule has 0 heterocycles. The predicted molar refractivity (Wildman–Crippen MR) is 74.9 cm³/mol. The lowest BCUT2D eigenvalue weighted by Gasteiger charge is -2.11. The number of nitrogens with one attached hydrogen (secondary N) is 1. The molecule has 0 spiro atoms. The number of carbonyl (C=O) groups is 1. The Morgan fingerprint density at radius 3 is 2.29 bits per heavy atom. The van der Waals surface area contributed by atoms with Crippen LogP contribution in [0.1, 0.15) is 38.1 Å². The average Bonchev–Trinajstić information content (AvgIpc) is 2.28. The summed E-state index contributed by atoms with van der Waals surface area (Å²) < 4.78 is 0. The van der Waals surface area contributed by atoms with Crippen molar-refractivity contribution in [3.05, 3.63) is 29.8 Å². The highest BCUT2D eigenvalue weighted by Crippen LogP contribution is 2.23. The highest BCUT2D eigenvalue weighted by molar-refractivity contribution is 7.99. The van der Waals surface area contributed by atoms with Crippen molar-refractivity contribution in [1.29, 1.82) is 0 Å². The van der Waals surface area contributed by atoms with E-state index in [1.165, 1.54) is 4.90 Å². The number of benzene rings is 1. The van der Waals surface area contributed by atoms with Gasteiger partial charge in [0.25, 0.3) is 0 Å². The predicted octanol–water partition coefficient (Wildman–Crippen LogP) is 3.37. The highest BCUT2D eigenvalue weighted by atomic mass is 32.2. The Hall–Kier alpha value is -0.800. The normalized spacial score (nSPS) is 12.8. The fraction of sp³-hybridized carbons (Fsp3) is 0.500. The van der Waals surface area contributed by atoms with Gasteiger partial charge in [0.1, 0.15) is 0 Å². The van der Waals surface area contributed by atoms with E-state index >= 15 is 0 Å². The van der Waals surface area contributed by atoms with Crippen molar-refractivity contribution >= 4 is 17.5 Å². The maximum Gasteiger partial charge on any atom is 0.179 e. The molecule has 1 aromatic carbocycles. The number of carbonyl (C=O) groups excluding carboxylic acids is 1. The van der Waals surface area contributed by atoms with Gasteiger partial charge in [-0.2, -0.15) is 0 Å². The van der Waals surface area contributed by atoms with Gasteiger partial charge in [0.15, 0.2) is 5.78 Å². The zero-order chi connectivity index (χ0) is 12.8. The molecule has 1 rings (SSSR count). The molecule has 0 saturated heterocycles. The Bertz CT molecular complexity index is 359. The number of likely N-dealkylation sites (N-methyl/N-ethyl adjacent to an activating group) is 1. The lowest BCUT2D eigenvalue weighted by molar-refractivity contribution is 0.0952.